The molecule has 3 N–H and O–H groups in total. The zero-order valence-corrected chi connectivity index (χ0v) is 15.2. The second kappa shape index (κ2) is 9.20. The van der Waals surface area contributed by atoms with Crippen molar-refractivity contribution in [1.82, 2.24) is 5.32 Å². The molecule has 138 valence electrons. The van der Waals surface area contributed by atoms with E-state index in [2.05, 4.69) is 21.9 Å². The Morgan fingerprint density at radius 2 is 1.70 bits per heavy atom. The molecule has 6 nitrogen and oxygen atoms in total. The first-order chi connectivity index (χ1) is 12.9. The molecule has 0 aliphatic rings. The van der Waals surface area contributed by atoms with Crippen molar-refractivity contribution in [3.63, 3.8) is 0 Å². The lowest BCUT2D eigenvalue weighted by Crippen LogP contribution is -2.32. The van der Waals surface area contributed by atoms with Gasteiger partial charge in [-0.3, -0.25) is 14.4 Å². The molecular weight excluding hydrogens is 342 g/mol. The normalized spacial score (nSPS) is 10.0. The predicted molar refractivity (Wildman–Crippen MR) is 105 cm³/mol. The van der Waals surface area contributed by atoms with E-state index in [1.807, 2.05) is 0 Å². The maximum absolute atomic E-state index is 12.1. The predicted octanol–water partition coefficient (Wildman–Crippen LogP) is 2.63. The summed E-state index contributed by atoms with van der Waals surface area (Å²) in [5.74, 6) is 1.51. The largest absolute Gasteiger partial charge is 0.343 e. The van der Waals surface area contributed by atoms with Gasteiger partial charge < -0.3 is 16.0 Å². The Balaban J connectivity index is 1.86. The molecule has 27 heavy (non-hydrogen) atoms. The number of rotatable bonds is 6. The average molecular weight is 363 g/mol. The molecule has 0 aliphatic carbocycles. The molecule has 2 rings (SSSR count). The van der Waals surface area contributed by atoms with Gasteiger partial charge in [0.25, 0.3) is 5.91 Å². The van der Waals surface area contributed by atoms with Gasteiger partial charge in [0.15, 0.2) is 0 Å². The van der Waals surface area contributed by atoms with E-state index in [-0.39, 0.29) is 30.2 Å². The van der Waals surface area contributed by atoms with Crippen LogP contribution >= 0.6 is 0 Å². The van der Waals surface area contributed by atoms with Crippen molar-refractivity contribution in [3.05, 3.63) is 59.7 Å². The highest BCUT2D eigenvalue weighted by Crippen LogP contribution is 2.11. The van der Waals surface area contributed by atoms with Crippen LogP contribution in [-0.2, 0) is 9.59 Å². The third-order valence-corrected chi connectivity index (χ3v) is 3.66. The number of amides is 3. The van der Waals surface area contributed by atoms with E-state index in [0.717, 1.165) is 0 Å². The molecule has 3 amide bonds. The van der Waals surface area contributed by atoms with E-state index in [9.17, 15) is 14.4 Å². The van der Waals surface area contributed by atoms with Gasteiger partial charge in [-0.1, -0.05) is 25.8 Å². The number of terminal acetylenes is 1. The van der Waals surface area contributed by atoms with Crippen molar-refractivity contribution in [1.29, 1.82) is 0 Å². The minimum atomic E-state index is -0.385. The first kappa shape index (κ1) is 19.7. The average Bonchev–Trinajstić information content (AvgIpc) is 2.66. The highest BCUT2D eigenvalue weighted by Gasteiger charge is 2.10. The highest BCUT2D eigenvalue weighted by molar-refractivity contribution is 6.00. The lowest BCUT2D eigenvalue weighted by Gasteiger charge is -2.09. The molecule has 2 aromatic carbocycles. The monoisotopic (exact) mass is 363 g/mol. The van der Waals surface area contributed by atoms with Crippen LogP contribution in [0.2, 0.25) is 0 Å². The number of hydrogen-bond donors (Lipinski definition) is 3. The number of benzene rings is 2. The summed E-state index contributed by atoms with van der Waals surface area (Å²) < 4.78 is 0. The summed E-state index contributed by atoms with van der Waals surface area (Å²) in [6.07, 6.45) is 5.32. The van der Waals surface area contributed by atoms with Crippen LogP contribution in [-0.4, -0.2) is 24.3 Å². The third-order valence-electron chi connectivity index (χ3n) is 3.66. The summed E-state index contributed by atoms with van der Waals surface area (Å²) in [6.45, 7) is 3.42. The summed E-state index contributed by atoms with van der Waals surface area (Å²) in [7, 11) is 0. The Morgan fingerprint density at radius 3 is 2.33 bits per heavy atom. The molecule has 0 fully saturated rings. The van der Waals surface area contributed by atoms with Gasteiger partial charge in [-0.2, -0.15) is 0 Å². The molecule has 0 aromatic heterocycles. The molecule has 0 aliphatic heterocycles. The molecule has 2 aromatic rings. The Morgan fingerprint density at radius 1 is 1.00 bits per heavy atom. The minimum Gasteiger partial charge on any atom is -0.343 e. The van der Waals surface area contributed by atoms with E-state index in [0.29, 0.717) is 22.5 Å². The maximum atomic E-state index is 12.1. The van der Waals surface area contributed by atoms with Crippen molar-refractivity contribution in [2.75, 3.05) is 17.2 Å². The van der Waals surface area contributed by atoms with Gasteiger partial charge in [0, 0.05) is 28.4 Å². The van der Waals surface area contributed by atoms with Crippen LogP contribution in [0, 0.1) is 18.3 Å². The fraction of sp³-hybridized carbons (Fsp3) is 0.190. The number of carbonyl (C=O) groups is 3. The minimum absolute atomic E-state index is 0.0993. The van der Waals surface area contributed by atoms with Crippen molar-refractivity contribution in [3.8, 4) is 12.3 Å². The summed E-state index contributed by atoms with van der Waals surface area (Å²) in [4.78, 5) is 35.8. The molecule has 6 heteroatoms. The fourth-order valence-corrected chi connectivity index (χ4v) is 2.15. The van der Waals surface area contributed by atoms with Crippen LogP contribution < -0.4 is 16.0 Å². The summed E-state index contributed by atoms with van der Waals surface area (Å²) >= 11 is 0. The lowest BCUT2D eigenvalue weighted by molar-refractivity contribution is -0.119. The zero-order valence-electron chi connectivity index (χ0n) is 15.2. The Bertz CT molecular complexity index is 880. The van der Waals surface area contributed by atoms with E-state index in [1.165, 1.54) is 0 Å². The van der Waals surface area contributed by atoms with Crippen LogP contribution in [0.4, 0.5) is 11.4 Å². The van der Waals surface area contributed by atoms with Gasteiger partial charge >= 0.3 is 0 Å². The molecule has 0 heterocycles. The van der Waals surface area contributed by atoms with Gasteiger partial charge in [0.1, 0.15) is 0 Å². The zero-order chi connectivity index (χ0) is 19.8. The summed E-state index contributed by atoms with van der Waals surface area (Å²) in [6, 6.07) is 13.3. The summed E-state index contributed by atoms with van der Waals surface area (Å²) in [5.41, 5.74) is 2.22. The first-order valence-corrected chi connectivity index (χ1v) is 8.44. The van der Waals surface area contributed by atoms with E-state index >= 15 is 0 Å². The van der Waals surface area contributed by atoms with Crippen LogP contribution in [0.25, 0.3) is 0 Å². The Kier molecular flexibility index (Phi) is 6.73. The smallest absolute Gasteiger partial charge is 0.251 e. The van der Waals surface area contributed by atoms with Gasteiger partial charge in [0.05, 0.1) is 6.54 Å². The number of carbonyl (C=O) groups excluding carboxylic acids is 3. The van der Waals surface area contributed by atoms with Crippen molar-refractivity contribution in [2.24, 2.45) is 5.92 Å². The van der Waals surface area contributed by atoms with Crippen LogP contribution in [0.1, 0.15) is 29.8 Å². The second-order valence-electron chi connectivity index (χ2n) is 6.18. The van der Waals surface area contributed by atoms with Gasteiger partial charge in [-0.15, -0.1) is 6.42 Å². The first-order valence-electron chi connectivity index (χ1n) is 8.44. The van der Waals surface area contributed by atoms with Gasteiger partial charge in [-0.05, 0) is 42.5 Å². The highest BCUT2D eigenvalue weighted by atomic mass is 16.2. The second-order valence-corrected chi connectivity index (χ2v) is 6.18. The van der Waals surface area contributed by atoms with E-state index in [1.54, 1.807) is 62.4 Å². The molecule has 0 spiro atoms. The molecule has 0 saturated heterocycles. The molecule has 0 atom stereocenters. The third kappa shape index (κ3) is 6.01. The summed E-state index contributed by atoms with van der Waals surface area (Å²) in [5, 5.41) is 7.96. The standard InChI is InChI=1S/C21H21N3O3/c1-4-15-6-5-7-18(12-15)23-19(25)13-22-21(27)16-8-10-17(11-9-16)24-20(26)14(2)3/h1,5-12,14H,13H2,2-3H3,(H,22,27)(H,23,25)(H,24,26). The van der Waals surface area contributed by atoms with Crippen molar-refractivity contribution < 1.29 is 14.4 Å². The number of anilines is 2. The number of nitrogens with one attached hydrogen (secondary N) is 3. The Labute approximate surface area is 158 Å². The van der Waals surface area contributed by atoms with Crippen LogP contribution in [0.3, 0.4) is 0 Å². The van der Waals surface area contributed by atoms with E-state index in [4.69, 9.17) is 6.42 Å². The topological polar surface area (TPSA) is 87.3 Å². The lowest BCUT2D eigenvalue weighted by atomic mass is 10.1. The number of hydrogen-bond acceptors (Lipinski definition) is 3. The molecule has 0 unspecified atom stereocenters. The maximum Gasteiger partial charge on any atom is 0.251 e. The van der Waals surface area contributed by atoms with Crippen LogP contribution in [0.5, 0.6) is 0 Å². The van der Waals surface area contributed by atoms with Crippen molar-refractivity contribution >= 4 is 29.1 Å². The van der Waals surface area contributed by atoms with Gasteiger partial charge in [-0.25, -0.2) is 0 Å². The quantitative estimate of drug-likeness (QED) is 0.690. The molecular formula is C21H21N3O3. The Hall–Kier alpha value is -3.59. The van der Waals surface area contributed by atoms with E-state index < -0.39 is 0 Å². The van der Waals surface area contributed by atoms with Crippen LogP contribution in [0.15, 0.2) is 48.5 Å². The molecule has 0 saturated carbocycles. The van der Waals surface area contributed by atoms with Gasteiger partial charge in [0.2, 0.25) is 11.8 Å². The molecule has 0 bridgehead atoms. The SMILES string of the molecule is C#Cc1cccc(NC(=O)CNC(=O)c2ccc(NC(=O)C(C)C)cc2)c1. The fourth-order valence-electron chi connectivity index (χ4n) is 2.15. The molecule has 0 radical (unpaired) electrons. The van der Waals surface area contributed by atoms with Crippen molar-refractivity contribution in [2.45, 2.75) is 13.8 Å².